The average Bonchev–Trinajstić information content (AvgIpc) is 3.12. The summed E-state index contributed by atoms with van der Waals surface area (Å²) in [5, 5.41) is 11.0. The van der Waals surface area contributed by atoms with E-state index in [4.69, 9.17) is 5.11 Å². The van der Waals surface area contributed by atoms with E-state index in [0.717, 1.165) is 20.7 Å². The maximum absolute atomic E-state index is 13.3. The molecule has 0 saturated carbocycles. The topological polar surface area (TPSA) is 83.3 Å². The summed E-state index contributed by atoms with van der Waals surface area (Å²) in [4.78, 5) is 20.6. The minimum absolute atomic E-state index is 0.0884. The molecule has 0 fully saturated rings. The van der Waals surface area contributed by atoms with Crippen LogP contribution in [0, 0.1) is 0 Å². The van der Waals surface area contributed by atoms with Crippen LogP contribution in [-0.2, 0) is 6.18 Å². The highest BCUT2D eigenvalue weighted by Gasteiger charge is 2.39. The van der Waals surface area contributed by atoms with E-state index in [0.29, 0.717) is 5.52 Å². The molecule has 0 aliphatic carbocycles. The van der Waals surface area contributed by atoms with Gasteiger partial charge in [0.15, 0.2) is 5.69 Å². The number of fused-ring (bicyclic) bond motifs is 1. The van der Waals surface area contributed by atoms with Gasteiger partial charge >= 0.3 is 6.18 Å². The molecule has 0 aliphatic rings. The number of aliphatic imine (C=N–C) groups is 1. The van der Waals surface area contributed by atoms with Crippen molar-refractivity contribution in [3.05, 3.63) is 45.9 Å². The van der Waals surface area contributed by atoms with E-state index in [1.165, 1.54) is 6.92 Å². The number of rotatable bonds is 4. The van der Waals surface area contributed by atoms with Crippen molar-refractivity contribution in [3.8, 4) is 5.13 Å². The zero-order valence-corrected chi connectivity index (χ0v) is 13.8. The van der Waals surface area contributed by atoms with Crippen LogP contribution in [-0.4, -0.2) is 38.7 Å². The maximum Gasteiger partial charge on any atom is 0.433 e. The number of thiazole rings is 1. The number of nitrogens with zero attached hydrogens (tertiary/aromatic N) is 3. The minimum atomic E-state index is -4.76. The second kappa shape index (κ2) is 6.45. The molecule has 132 valence electrons. The fraction of sp³-hybridized carbons (Fsp3) is 0.267. The third-order valence-electron chi connectivity index (χ3n) is 3.46. The first-order valence-electron chi connectivity index (χ1n) is 7.23. The van der Waals surface area contributed by atoms with Crippen molar-refractivity contribution in [2.45, 2.75) is 13.1 Å². The van der Waals surface area contributed by atoms with Gasteiger partial charge in [0.1, 0.15) is 0 Å². The number of aromatic amines is 1. The summed E-state index contributed by atoms with van der Waals surface area (Å²) in [6, 6.07) is 7.01. The fourth-order valence-electron chi connectivity index (χ4n) is 2.37. The number of para-hydroxylation sites is 1. The van der Waals surface area contributed by atoms with Gasteiger partial charge in [0.05, 0.1) is 28.9 Å². The lowest BCUT2D eigenvalue weighted by atomic mass is 10.1. The van der Waals surface area contributed by atoms with Gasteiger partial charge in [0.25, 0.3) is 5.56 Å². The van der Waals surface area contributed by atoms with E-state index in [-0.39, 0.29) is 24.0 Å². The first-order valence-corrected chi connectivity index (χ1v) is 8.05. The molecule has 25 heavy (non-hydrogen) atoms. The van der Waals surface area contributed by atoms with Crippen molar-refractivity contribution in [1.29, 1.82) is 0 Å². The lowest BCUT2D eigenvalue weighted by molar-refractivity contribution is -0.141. The number of aromatic nitrogens is 3. The van der Waals surface area contributed by atoms with Gasteiger partial charge in [-0.05, 0) is 19.1 Å². The van der Waals surface area contributed by atoms with Gasteiger partial charge in [-0.15, -0.1) is 0 Å². The molecule has 2 aromatic heterocycles. The lowest BCUT2D eigenvalue weighted by Gasteiger charge is -2.05. The summed E-state index contributed by atoms with van der Waals surface area (Å²) in [7, 11) is 0. The highest BCUT2D eigenvalue weighted by molar-refractivity contribution is 7.20. The van der Waals surface area contributed by atoms with Gasteiger partial charge in [-0.1, -0.05) is 23.5 Å². The van der Waals surface area contributed by atoms with E-state index in [1.807, 2.05) is 0 Å². The molecular formula is C15H13F3N4O2S. The van der Waals surface area contributed by atoms with Crippen LogP contribution >= 0.6 is 11.3 Å². The molecule has 0 unspecified atom stereocenters. The van der Waals surface area contributed by atoms with Crippen LogP contribution in [0.4, 0.5) is 13.2 Å². The molecule has 0 atom stereocenters. The maximum atomic E-state index is 13.3. The van der Waals surface area contributed by atoms with E-state index in [2.05, 4.69) is 15.1 Å². The summed E-state index contributed by atoms with van der Waals surface area (Å²) in [6.45, 7) is 0.891. The van der Waals surface area contributed by atoms with Gasteiger partial charge in [-0.2, -0.15) is 17.9 Å². The van der Waals surface area contributed by atoms with E-state index >= 15 is 0 Å². The summed E-state index contributed by atoms with van der Waals surface area (Å²) in [5.74, 6) is 0. The Labute approximate surface area is 143 Å². The van der Waals surface area contributed by atoms with Crippen LogP contribution < -0.4 is 5.56 Å². The molecule has 0 amide bonds. The number of hydrogen-bond acceptors (Lipinski definition) is 5. The Balaban J connectivity index is 2.21. The summed E-state index contributed by atoms with van der Waals surface area (Å²) in [5.41, 5.74) is -2.14. The number of aliphatic hydroxyl groups excluding tert-OH is 1. The number of halogens is 3. The zero-order valence-electron chi connectivity index (χ0n) is 13.0. The van der Waals surface area contributed by atoms with Crippen molar-refractivity contribution < 1.29 is 18.3 Å². The van der Waals surface area contributed by atoms with Crippen LogP contribution in [0.3, 0.4) is 0 Å². The monoisotopic (exact) mass is 370 g/mol. The Morgan fingerprint density at radius 1 is 1.40 bits per heavy atom. The van der Waals surface area contributed by atoms with Crippen LogP contribution in [0.2, 0.25) is 0 Å². The van der Waals surface area contributed by atoms with E-state index in [9.17, 15) is 18.0 Å². The van der Waals surface area contributed by atoms with Gasteiger partial charge in [-0.25, -0.2) is 4.98 Å². The molecule has 0 saturated heterocycles. The average molecular weight is 370 g/mol. The molecule has 1 aromatic carbocycles. The first-order chi connectivity index (χ1) is 11.8. The molecule has 0 bridgehead atoms. The Hall–Kier alpha value is -2.46. The number of hydrogen-bond donors (Lipinski definition) is 2. The molecule has 2 heterocycles. The fourth-order valence-corrected chi connectivity index (χ4v) is 3.29. The SMILES string of the molecule is CC(=NCCO)c1c(C(F)(F)F)[nH]n(-c2nc3ccccc3s2)c1=O. The predicted octanol–water partition coefficient (Wildman–Crippen LogP) is 2.60. The second-order valence-corrected chi connectivity index (χ2v) is 6.16. The molecule has 3 aromatic rings. The van der Waals surface area contributed by atoms with E-state index < -0.39 is 23.0 Å². The Bertz CT molecular complexity index is 967. The zero-order chi connectivity index (χ0) is 18.2. The Kier molecular flexibility index (Phi) is 4.48. The molecule has 0 spiro atoms. The largest absolute Gasteiger partial charge is 0.433 e. The smallest absolute Gasteiger partial charge is 0.394 e. The van der Waals surface area contributed by atoms with Crippen LogP contribution in [0.25, 0.3) is 15.3 Å². The van der Waals surface area contributed by atoms with Crippen molar-refractivity contribution in [3.63, 3.8) is 0 Å². The molecule has 0 radical (unpaired) electrons. The lowest BCUT2D eigenvalue weighted by Crippen LogP contribution is -2.21. The van der Waals surface area contributed by atoms with Crippen molar-refractivity contribution in [2.24, 2.45) is 4.99 Å². The van der Waals surface area contributed by atoms with Gasteiger partial charge in [0.2, 0.25) is 5.13 Å². The quantitative estimate of drug-likeness (QED) is 0.693. The van der Waals surface area contributed by atoms with Gasteiger partial charge < -0.3 is 5.11 Å². The highest BCUT2D eigenvalue weighted by Crippen LogP contribution is 2.31. The highest BCUT2D eigenvalue weighted by atomic mass is 32.1. The molecule has 6 nitrogen and oxygen atoms in total. The van der Waals surface area contributed by atoms with Crippen LogP contribution in [0.1, 0.15) is 18.2 Å². The van der Waals surface area contributed by atoms with Crippen LogP contribution in [0.15, 0.2) is 34.1 Å². The van der Waals surface area contributed by atoms with Gasteiger partial charge in [-0.3, -0.25) is 14.9 Å². The van der Waals surface area contributed by atoms with E-state index in [1.54, 1.807) is 24.3 Å². The van der Waals surface area contributed by atoms with Crippen molar-refractivity contribution in [2.75, 3.05) is 13.2 Å². The number of alkyl halides is 3. The Morgan fingerprint density at radius 3 is 2.76 bits per heavy atom. The van der Waals surface area contributed by atoms with Crippen molar-refractivity contribution >= 4 is 27.3 Å². The van der Waals surface area contributed by atoms with Crippen LogP contribution in [0.5, 0.6) is 0 Å². The normalized spacial score (nSPS) is 12.9. The number of aliphatic hydroxyl groups is 1. The van der Waals surface area contributed by atoms with Crippen molar-refractivity contribution in [1.82, 2.24) is 14.8 Å². The third kappa shape index (κ3) is 3.22. The molecule has 10 heteroatoms. The predicted molar refractivity (Wildman–Crippen MR) is 88.7 cm³/mol. The Morgan fingerprint density at radius 2 is 2.12 bits per heavy atom. The second-order valence-electron chi connectivity index (χ2n) is 5.16. The third-order valence-corrected chi connectivity index (χ3v) is 4.48. The number of benzene rings is 1. The minimum Gasteiger partial charge on any atom is -0.394 e. The summed E-state index contributed by atoms with van der Waals surface area (Å²) >= 11 is 1.10. The molecular weight excluding hydrogens is 357 g/mol. The number of H-pyrrole nitrogens is 1. The van der Waals surface area contributed by atoms with Gasteiger partial charge in [0, 0.05) is 5.71 Å². The summed E-state index contributed by atoms with van der Waals surface area (Å²) < 4.78 is 41.5. The number of nitrogens with one attached hydrogen (secondary N) is 1. The molecule has 3 rings (SSSR count). The molecule has 2 N–H and O–H groups in total. The standard InChI is InChI=1S/C15H13F3N4O2S/c1-8(19-6-7-23)11-12(15(16,17)18)21-22(13(11)24)14-20-9-4-2-3-5-10(9)25-14/h2-5,21,23H,6-7H2,1H3. The molecule has 0 aliphatic heterocycles. The first kappa shape index (κ1) is 17.4. The summed E-state index contributed by atoms with van der Waals surface area (Å²) in [6.07, 6.45) is -4.76.